The molecule has 0 aromatic rings. The van der Waals surface area contributed by atoms with Gasteiger partial charge < -0.3 is 15.4 Å². The van der Waals surface area contributed by atoms with E-state index in [9.17, 15) is 18.0 Å². The van der Waals surface area contributed by atoms with E-state index in [1.165, 1.54) is 7.11 Å². The summed E-state index contributed by atoms with van der Waals surface area (Å²) in [4.78, 5) is 12.0. The highest BCUT2D eigenvalue weighted by Gasteiger charge is 2.32. The van der Waals surface area contributed by atoms with Gasteiger partial charge in [-0.3, -0.25) is 4.79 Å². The summed E-state index contributed by atoms with van der Waals surface area (Å²) in [6, 6.07) is 0. The Labute approximate surface area is 86.2 Å². The van der Waals surface area contributed by atoms with Crippen LogP contribution in [-0.4, -0.2) is 50.3 Å². The highest BCUT2D eigenvalue weighted by Crippen LogP contribution is 2.16. The standard InChI is InChI=1S/C8H15F3N2O2/c1-15-5-2-7(14)13(4-3-12)6-8(9,10)11/h2-6,12H2,1H3. The molecule has 0 aromatic carbocycles. The topological polar surface area (TPSA) is 55.6 Å². The molecule has 1 amide bonds. The van der Waals surface area contributed by atoms with E-state index in [-0.39, 0.29) is 26.1 Å². The normalized spacial score (nSPS) is 11.5. The number of nitrogens with two attached hydrogens (primary N) is 1. The van der Waals surface area contributed by atoms with Crippen LogP contribution in [0.15, 0.2) is 0 Å². The number of carbonyl (C=O) groups excluding carboxylic acids is 1. The van der Waals surface area contributed by atoms with E-state index in [0.29, 0.717) is 4.90 Å². The number of amides is 1. The summed E-state index contributed by atoms with van der Waals surface area (Å²) in [6.45, 7) is -1.23. The third-order valence-corrected chi connectivity index (χ3v) is 1.64. The van der Waals surface area contributed by atoms with Gasteiger partial charge in [0.1, 0.15) is 6.54 Å². The van der Waals surface area contributed by atoms with Gasteiger partial charge in [-0.1, -0.05) is 0 Å². The van der Waals surface area contributed by atoms with Crippen molar-refractivity contribution in [2.24, 2.45) is 5.73 Å². The smallest absolute Gasteiger partial charge is 0.384 e. The Kier molecular flexibility index (Phi) is 6.26. The van der Waals surface area contributed by atoms with Crippen molar-refractivity contribution in [3.8, 4) is 0 Å². The molecule has 0 heterocycles. The van der Waals surface area contributed by atoms with Crippen molar-refractivity contribution in [3.63, 3.8) is 0 Å². The van der Waals surface area contributed by atoms with Crippen molar-refractivity contribution >= 4 is 5.91 Å². The summed E-state index contributed by atoms with van der Waals surface area (Å²) < 4.78 is 40.7. The molecule has 0 aromatic heterocycles. The number of halogens is 3. The summed E-state index contributed by atoms with van der Waals surface area (Å²) in [6.07, 6.45) is -4.45. The first kappa shape index (κ1) is 14.2. The minimum Gasteiger partial charge on any atom is -0.384 e. The van der Waals surface area contributed by atoms with Crippen LogP contribution in [0, 0.1) is 0 Å². The number of nitrogens with zero attached hydrogens (tertiary/aromatic N) is 1. The lowest BCUT2D eigenvalue weighted by atomic mass is 10.3. The third-order valence-electron chi connectivity index (χ3n) is 1.64. The maximum absolute atomic E-state index is 12.0. The molecule has 0 aliphatic rings. The lowest BCUT2D eigenvalue weighted by molar-refractivity contribution is -0.161. The Morgan fingerprint density at radius 2 is 2.07 bits per heavy atom. The van der Waals surface area contributed by atoms with Crippen molar-refractivity contribution in [3.05, 3.63) is 0 Å². The zero-order chi connectivity index (χ0) is 11.9. The Bertz CT molecular complexity index is 197. The van der Waals surface area contributed by atoms with Crippen LogP contribution in [-0.2, 0) is 9.53 Å². The summed E-state index contributed by atoms with van der Waals surface area (Å²) in [5, 5.41) is 0. The molecule has 0 aliphatic heterocycles. The summed E-state index contributed by atoms with van der Waals surface area (Å²) in [7, 11) is 1.38. The first-order valence-corrected chi connectivity index (χ1v) is 4.44. The van der Waals surface area contributed by atoms with Crippen molar-refractivity contribution < 1.29 is 22.7 Å². The molecule has 0 saturated heterocycles. The third kappa shape index (κ3) is 7.15. The number of carbonyl (C=O) groups is 1. The van der Waals surface area contributed by atoms with Gasteiger partial charge >= 0.3 is 6.18 Å². The van der Waals surface area contributed by atoms with Crippen LogP contribution in [0.4, 0.5) is 13.2 Å². The number of methoxy groups -OCH3 is 1. The Hall–Kier alpha value is -0.820. The minimum atomic E-state index is -4.39. The average molecular weight is 228 g/mol. The average Bonchev–Trinajstić information content (AvgIpc) is 2.11. The van der Waals surface area contributed by atoms with Crippen molar-refractivity contribution in [1.82, 2.24) is 4.90 Å². The second kappa shape index (κ2) is 6.62. The van der Waals surface area contributed by atoms with Gasteiger partial charge in [0.05, 0.1) is 13.0 Å². The van der Waals surface area contributed by atoms with Gasteiger partial charge in [0.25, 0.3) is 0 Å². The van der Waals surface area contributed by atoms with E-state index in [0.717, 1.165) is 0 Å². The lowest BCUT2D eigenvalue weighted by Gasteiger charge is -2.23. The Morgan fingerprint density at radius 3 is 2.47 bits per heavy atom. The number of rotatable bonds is 6. The van der Waals surface area contributed by atoms with Gasteiger partial charge in [0.15, 0.2) is 0 Å². The zero-order valence-electron chi connectivity index (χ0n) is 8.51. The fourth-order valence-electron chi connectivity index (χ4n) is 1.01. The molecule has 7 heteroatoms. The molecule has 0 spiro atoms. The second-order valence-corrected chi connectivity index (χ2v) is 2.96. The SMILES string of the molecule is COCCC(=O)N(CCN)CC(F)(F)F. The van der Waals surface area contributed by atoms with Crippen LogP contribution < -0.4 is 5.73 Å². The van der Waals surface area contributed by atoms with E-state index in [1.807, 2.05) is 0 Å². The molecule has 0 saturated carbocycles. The van der Waals surface area contributed by atoms with Crippen LogP contribution in [0.3, 0.4) is 0 Å². The van der Waals surface area contributed by atoms with E-state index in [2.05, 4.69) is 4.74 Å². The molecular formula is C8H15F3N2O2. The predicted octanol–water partition coefficient (Wildman–Crippen LogP) is 0.372. The van der Waals surface area contributed by atoms with Crippen molar-refractivity contribution in [2.75, 3.05) is 33.4 Å². The Morgan fingerprint density at radius 1 is 1.47 bits per heavy atom. The van der Waals surface area contributed by atoms with Gasteiger partial charge in [-0.15, -0.1) is 0 Å². The monoisotopic (exact) mass is 228 g/mol. The maximum Gasteiger partial charge on any atom is 0.406 e. The van der Waals surface area contributed by atoms with Gasteiger partial charge in [-0.05, 0) is 0 Å². The van der Waals surface area contributed by atoms with Gasteiger partial charge in [-0.25, -0.2) is 0 Å². The second-order valence-electron chi connectivity index (χ2n) is 2.96. The van der Waals surface area contributed by atoms with Crippen molar-refractivity contribution in [2.45, 2.75) is 12.6 Å². The quantitative estimate of drug-likeness (QED) is 0.714. The number of ether oxygens (including phenoxy) is 1. The molecule has 2 N–H and O–H groups in total. The van der Waals surface area contributed by atoms with E-state index in [1.54, 1.807) is 0 Å². The van der Waals surface area contributed by atoms with Crippen molar-refractivity contribution in [1.29, 1.82) is 0 Å². The minimum absolute atomic E-state index is 0.00873. The van der Waals surface area contributed by atoms with Crippen LogP contribution in [0.1, 0.15) is 6.42 Å². The largest absolute Gasteiger partial charge is 0.406 e. The number of hydrogen-bond acceptors (Lipinski definition) is 3. The predicted molar refractivity (Wildman–Crippen MR) is 48.2 cm³/mol. The van der Waals surface area contributed by atoms with Crippen LogP contribution >= 0.6 is 0 Å². The molecule has 0 aliphatic carbocycles. The highest BCUT2D eigenvalue weighted by molar-refractivity contribution is 5.76. The van der Waals surface area contributed by atoms with Gasteiger partial charge in [0, 0.05) is 20.2 Å². The number of alkyl halides is 3. The molecule has 15 heavy (non-hydrogen) atoms. The van der Waals surface area contributed by atoms with E-state index in [4.69, 9.17) is 5.73 Å². The first-order valence-electron chi connectivity index (χ1n) is 4.44. The molecule has 0 fully saturated rings. The molecule has 0 atom stereocenters. The lowest BCUT2D eigenvalue weighted by Crippen LogP contribution is -2.42. The maximum atomic E-state index is 12.0. The number of hydrogen-bond donors (Lipinski definition) is 1. The van der Waals surface area contributed by atoms with Crippen LogP contribution in [0.2, 0.25) is 0 Å². The van der Waals surface area contributed by atoms with Gasteiger partial charge in [0.2, 0.25) is 5.91 Å². The molecule has 4 nitrogen and oxygen atoms in total. The Balaban J connectivity index is 4.18. The van der Waals surface area contributed by atoms with E-state index < -0.39 is 18.6 Å². The highest BCUT2D eigenvalue weighted by atomic mass is 19.4. The summed E-state index contributed by atoms with van der Waals surface area (Å²) in [5.41, 5.74) is 5.12. The molecule has 0 bridgehead atoms. The fraction of sp³-hybridized carbons (Fsp3) is 0.875. The summed E-state index contributed by atoms with van der Waals surface area (Å²) >= 11 is 0. The molecule has 90 valence electrons. The molecular weight excluding hydrogens is 213 g/mol. The van der Waals surface area contributed by atoms with Crippen LogP contribution in [0.5, 0.6) is 0 Å². The molecule has 0 radical (unpaired) electrons. The van der Waals surface area contributed by atoms with Gasteiger partial charge in [-0.2, -0.15) is 13.2 Å². The first-order chi connectivity index (χ1) is 6.90. The van der Waals surface area contributed by atoms with E-state index >= 15 is 0 Å². The molecule has 0 rings (SSSR count). The molecule has 0 unspecified atom stereocenters. The summed E-state index contributed by atoms with van der Waals surface area (Å²) in [5.74, 6) is -0.598. The fourth-order valence-corrected chi connectivity index (χ4v) is 1.01. The zero-order valence-corrected chi connectivity index (χ0v) is 8.51. The van der Waals surface area contributed by atoms with Crippen LogP contribution in [0.25, 0.3) is 0 Å².